The number of benzene rings is 1. The fraction of sp³-hybridized carbons (Fsp3) is 0.200. The van der Waals surface area contributed by atoms with E-state index >= 15 is 0 Å². The van der Waals surface area contributed by atoms with Crippen molar-refractivity contribution in [2.24, 2.45) is 0 Å². The molecule has 1 heterocycles. The van der Waals surface area contributed by atoms with Crippen LogP contribution in [0, 0.1) is 6.92 Å². The first kappa shape index (κ1) is 13.1. The van der Waals surface area contributed by atoms with Gasteiger partial charge in [-0.15, -0.1) is 0 Å². The van der Waals surface area contributed by atoms with Gasteiger partial charge in [-0.25, -0.2) is 4.79 Å². The molecule has 1 N–H and O–H groups in total. The molecule has 1 aromatic carbocycles. The largest absolute Gasteiger partial charge is 0.443 e. The van der Waals surface area contributed by atoms with Crippen LogP contribution in [0.2, 0.25) is 0 Å². The van der Waals surface area contributed by atoms with Crippen LogP contribution in [0.3, 0.4) is 0 Å². The number of amides is 1. The maximum Gasteiger partial charge on any atom is 0.411 e. The van der Waals surface area contributed by atoms with Crippen LogP contribution in [-0.4, -0.2) is 12.7 Å². The number of para-hydroxylation sites is 1. The number of hydrogen-bond donors (Lipinski definition) is 1. The minimum Gasteiger partial charge on any atom is -0.443 e. The van der Waals surface area contributed by atoms with Crippen molar-refractivity contribution >= 4 is 11.8 Å². The summed E-state index contributed by atoms with van der Waals surface area (Å²) in [6.07, 6.45) is 1.54. The minimum atomic E-state index is -0.430. The third-order valence-corrected chi connectivity index (χ3v) is 2.75. The van der Waals surface area contributed by atoms with Crippen molar-refractivity contribution in [2.45, 2.75) is 13.5 Å². The van der Waals surface area contributed by atoms with Crippen molar-refractivity contribution in [2.75, 3.05) is 11.9 Å². The molecule has 0 atom stereocenters. The summed E-state index contributed by atoms with van der Waals surface area (Å²) in [5.41, 5.74) is 1.87. The van der Waals surface area contributed by atoms with Gasteiger partial charge < -0.3 is 4.74 Å². The maximum absolute atomic E-state index is 11.5. The van der Waals surface area contributed by atoms with E-state index in [1.807, 2.05) is 66.2 Å². The molecule has 0 aliphatic heterocycles. The summed E-state index contributed by atoms with van der Waals surface area (Å²) < 4.78 is 7.17. The van der Waals surface area contributed by atoms with E-state index in [2.05, 4.69) is 5.32 Å². The van der Waals surface area contributed by atoms with Crippen molar-refractivity contribution in [1.82, 2.24) is 0 Å². The molecule has 0 unspecified atom stereocenters. The highest BCUT2D eigenvalue weighted by Crippen LogP contribution is 2.04. The molecule has 0 spiro atoms. The molecule has 1 amide bonds. The molecule has 19 heavy (non-hydrogen) atoms. The third-order valence-electron chi connectivity index (χ3n) is 2.75. The highest BCUT2D eigenvalue weighted by atomic mass is 16.5. The van der Waals surface area contributed by atoms with Gasteiger partial charge in [0.15, 0.2) is 25.0 Å². The molecule has 1 aromatic heterocycles. The van der Waals surface area contributed by atoms with Crippen LogP contribution in [0.5, 0.6) is 0 Å². The van der Waals surface area contributed by atoms with Gasteiger partial charge >= 0.3 is 6.09 Å². The van der Waals surface area contributed by atoms with E-state index in [1.165, 1.54) is 0 Å². The number of aryl methyl sites for hydroxylation is 1. The second-order valence-corrected chi connectivity index (χ2v) is 4.16. The summed E-state index contributed by atoms with van der Waals surface area (Å²) >= 11 is 0. The number of aromatic nitrogens is 1. The maximum atomic E-state index is 11.5. The Morgan fingerprint density at radius 1 is 1.16 bits per heavy atom. The van der Waals surface area contributed by atoms with E-state index in [0.717, 1.165) is 11.4 Å². The van der Waals surface area contributed by atoms with E-state index in [1.54, 1.807) is 0 Å². The number of anilines is 1. The Morgan fingerprint density at radius 3 is 2.63 bits per heavy atom. The number of nitrogens with one attached hydrogen (secondary N) is 1. The van der Waals surface area contributed by atoms with Crippen molar-refractivity contribution in [3.05, 3.63) is 60.4 Å². The Hall–Kier alpha value is -2.36. The lowest BCUT2D eigenvalue weighted by molar-refractivity contribution is -0.703. The molecule has 2 rings (SSSR count). The minimum absolute atomic E-state index is 0.341. The Balaban J connectivity index is 1.77. The number of hydrogen-bond acceptors (Lipinski definition) is 2. The fourth-order valence-electron chi connectivity index (χ4n) is 1.72. The summed E-state index contributed by atoms with van der Waals surface area (Å²) in [5.74, 6) is 0. The predicted octanol–water partition coefficient (Wildman–Crippen LogP) is 2.53. The van der Waals surface area contributed by atoms with Gasteiger partial charge in [-0.3, -0.25) is 5.32 Å². The number of carbonyl (C=O) groups excluding carboxylic acids is 1. The SMILES string of the molecule is Cc1cccc[n+]1CCOC(=O)Nc1ccccc1. The van der Waals surface area contributed by atoms with Crippen LogP contribution < -0.4 is 9.88 Å². The smallest absolute Gasteiger partial charge is 0.411 e. The normalized spacial score (nSPS) is 9.95. The molecule has 0 saturated heterocycles. The van der Waals surface area contributed by atoms with Crippen molar-refractivity contribution in [3.63, 3.8) is 0 Å². The number of carbonyl (C=O) groups is 1. The molecule has 0 saturated carbocycles. The van der Waals surface area contributed by atoms with Gasteiger partial charge in [-0.05, 0) is 12.1 Å². The highest BCUT2D eigenvalue weighted by molar-refractivity contribution is 5.84. The zero-order valence-electron chi connectivity index (χ0n) is 10.9. The van der Waals surface area contributed by atoms with E-state index in [0.29, 0.717) is 13.2 Å². The first-order chi connectivity index (χ1) is 9.25. The number of pyridine rings is 1. The summed E-state index contributed by atoms with van der Waals surface area (Å²) in [4.78, 5) is 11.5. The van der Waals surface area contributed by atoms with Crippen LogP contribution in [0.15, 0.2) is 54.7 Å². The summed E-state index contributed by atoms with van der Waals surface area (Å²) in [7, 11) is 0. The molecular formula is C15H17N2O2+. The number of rotatable bonds is 4. The molecule has 0 aliphatic rings. The molecule has 0 fully saturated rings. The Kier molecular flexibility index (Phi) is 4.50. The molecule has 2 aromatic rings. The van der Waals surface area contributed by atoms with E-state index in [-0.39, 0.29) is 0 Å². The second kappa shape index (κ2) is 6.54. The van der Waals surface area contributed by atoms with E-state index in [4.69, 9.17) is 4.74 Å². The molecule has 0 bridgehead atoms. The van der Waals surface area contributed by atoms with Gasteiger partial charge in [0, 0.05) is 24.7 Å². The predicted molar refractivity (Wildman–Crippen MR) is 72.8 cm³/mol. The number of nitrogens with zero attached hydrogens (tertiary/aromatic N) is 1. The lowest BCUT2D eigenvalue weighted by Crippen LogP contribution is -2.39. The Morgan fingerprint density at radius 2 is 1.89 bits per heavy atom. The van der Waals surface area contributed by atoms with E-state index in [9.17, 15) is 4.79 Å². The van der Waals surface area contributed by atoms with Crippen LogP contribution in [-0.2, 0) is 11.3 Å². The molecule has 4 nitrogen and oxygen atoms in total. The van der Waals surface area contributed by atoms with Crippen molar-refractivity contribution in [3.8, 4) is 0 Å². The van der Waals surface area contributed by atoms with E-state index < -0.39 is 6.09 Å². The van der Waals surface area contributed by atoms with Gasteiger partial charge in [-0.2, -0.15) is 4.57 Å². The van der Waals surface area contributed by atoms with Crippen LogP contribution in [0.4, 0.5) is 10.5 Å². The molecule has 4 heteroatoms. The Labute approximate surface area is 112 Å². The first-order valence-electron chi connectivity index (χ1n) is 6.19. The molecule has 98 valence electrons. The molecular weight excluding hydrogens is 240 g/mol. The second-order valence-electron chi connectivity index (χ2n) is 4.16. The van der Waals surface area contributed by atoms with Crippen LogP contribution in [0.25, 0.3) is 0 Å². The quantitative estimate of drug-likeness (QED) is 0.855. The highest BCUT2D eigenvalue weighted by Gasteiger charge is 2.07. The lowest BCUT2D eigenvalue weighted by atomic mass is 10.3. The van der Waals surface area contributed by atoms with Gasteiger partial charge in [0.25, 0.3) is 0 Å². The van der Waals surface area contributed by atoms with Gasteiger partial charge in [0.2, 0.25) is 0 Å². The fourth-order valence-corrected chi connectivity index (χ4v) is 1.72. The zero-order valence-corrected chi connectivity index (χ0v) is 10.9. The number of ether oxygens (including phenoxy) is 1. The topological polar surface area (TPSA) is 42.2 Å². The van der Waals surface area contributed by atoms with Crippen LogP contribution >= 0.6 is 0 Å². The van der Waals surface area contributed by atoms with Gasteiger partial charge in [0.05, 0.1) is 0 Å². The lowest BCUT2D eigenvalue weighted by Gasteiger charge is -2.05. The van der Waals surface area contributed by atoms with Crippen LogP contribution in [0.1, 0.15) is 5.69 Å². The summed E-state index contributed by atoms with van der Waals surface area (Å²) in [6, 6.07) is 15.2. The molecule has 0 radical (unpaired) electrons. The van der Waals surface area contributed by atoms with Gasteiger partial charge in [0.1, 0.15) is 0 Å². The van der Waals surface area contributed by atoms with Crippen molar-refractivity contribution < 1.29 is 14.1 Å². The van der Waals surface area contributed by atoms with Gasteiger partial charge in [-0.1, -0.05) is 24.3 Å². The third kappa shape index (κ3) is 4.10. The average molecular weight is 257 g/mol. The zero-order chi connectivity index (χ0) is 13.5. The first-order valence-corrected chi connectivity index (χ1v) is 6.19. The monoisotopic (exact) mass is 257 g/mol. The summed E-state index contributed by atoms with van der Waals surface area (Å²) in [5, 5.41) is 2.67. The van der Waals surface area contributed by atoms with Crippen molar-refractivity contribution in [1.29, 1.82) is 0 Å². The summed E-state index contributed by atoms with van der Waals surface area (Å²) in [6.45, 7) is 3.01. The average Bonchev–Trinajstić information content (AvgIpc) is 2.42. The molecule has 0 aliphatic carbocycles. The Bertz CT molecular complexity index is 541. The standard InChI is InChI=1S/C15H16N2O2/c1-13-7-5-6-10-17(13)11-12-19-15(18)16-14-8-3-2-4-9-14/h2-10H,11-12H2,1H3/p+1.